The summed E-state index contributed by atoms with van der Waals surface area (Å²) in [6, 6.07) is 0. The van der Waals surface area contributed by atoms with Crippen molar-refractivity contribution in [3.8, 4) is 0 Å². The van der Waals surface area contributed by atoms with Crippen LogP contribution in [-0.2, 0) is 33.1 Å². The van der Waals surface area contributed by atoms with Gasteiger partial charge in [-0.25, -0.2) is 0 Å². The van der Waals surface area contributed by atoms with Crippen LogP contribution in [-0.4, -0.2) is 15.1 Å². The Morgan fingerprint density at radius 3 is 0.583 bits per heavy atom. The molecule has 12 heavy (non-hydrogen) atoms. The first-order valence-electron chi connectivity index (χ1n) is 1.31. The molecule has 12 heteroatoms. The van der Waals surface area contributed by atoms with Crippen molar-refractivity contribution < 1.29 is 68.4 Å². The van der Waals surface area contributed by atoms with Crippen molar-refractivity contribution in [2.75, 3.05) is 0 Å². The maximum absolute atomic E-state index is 9.67. The molecular formula is H2B2F8HgO. The molecule has 1 nitrogen and oxygen atoms in total. The van der Waals surface area contributed by atoms with Crippen LogP contribution in [0.4, 0.5) is 35.3 Å². The van der Waals surface area contributed by atoms with E-state index in [0.717, 1.165) is 0 Å². The number of rotatable bonds is 0. The third-order valence-corrected chi connectivity index (χ3v) is 0. The summed E-state index contributed by atoms with van der Waals surface area (Å²) in [6.45, 7) is 0. The predicted octanol–water partition coefficient (Wildman–Crippen LogP) is 1.94. The van der Waals surface area contributed by atoms with Crippen molar-refractivity contribution in [1.29, 1.82) is 0 Å². The largest absolute Gasteiger partial charge is 2.00 e. The average Bonchev–Trinajstić information content (AvgIpc) is 1.25. The van der Waals surface area contributed by atoms with Gasteiger partial charge in [0.2, 0.25) is 0 Å². The Labute approximate surface area is 83.9 Å². The molecule has 0 aliphatic carbocycles. The molecule has 0 spiro atoms. The van der Waals surface area contributed by atoms with Gasteiger partial charge in [0, 0.05) is 0 Å². The van der Waals surface area contributed by atoms with Crippen molar-refractivity contribution >= 4 is 15.1 Å². The van der Waals surface area contributed by atoms with E-state index in [2.05, 4.69) is 0 Å². The molecule has 0 unspecified atom stereocenters. The zero-order valence-electron chi connectivity index (χ0n) is 5.35. The average molecular weight is 392 g/mol. The standard InChI is InChI=1S/2BF3.2FH.Hg.O/c2*2-1(3)4;;;;/h;;2*1H;;/q;;;;+2;-2. The number of hydrogen-bond donors (Lipinski definition) is 0. The third-order valence-electron chi connectivity index (χ3n) is 0. The zero-order valence-corrected chi connectivity index (χ0v) is 10.9. The van der Waals surface area contributed by atoms with Crippen LogP contribution in [0, 0.1) is 0 Å². The molecule has 0 fully saturated rings. The Bertz CT molecular complexity index is 32.5. The molecule has 0 bridgehead atoms. The van der Waals surface area contributed by atoms with Gasteiger partial charge in [-0.3, -0.25) is 35.3 Å². The van der Waals surface area contributed by atoms with Crippen LogP contribution in [0.25, 0.3) is 0 Å². The molecule has 0 aliphatic rings. The summed E-state index contributed by atoms with van der Waals surface area (Å²) in [4.78, 5) is 0. The van der Waals surface area contributed by atoms with Gasteiger partial charge in [0.25, 0.3) is 0 Å². The van der Waals surface area contributed by atoms with Crippen LogP contribution >= 0.6 is 0 Å². The fourth-order valence-electron chi connectivity index (χ4n) is 0. The summed E-state index contributed by atoms with van der Waals surface area (Å²) in [7, 11) is -7.33. The first-order valence-corrected chi connectivity index (χ1v) is 1.31. The molecule has 0 heterocycles. The minimum Gasteiger partial charge on any atom is -2.00 e. The van der Waals surface area contributed by atoms with Crippen LogP contribution in [0.15, 0.2) is 0 Å². The van der Waals surface area contributed by atoms with Gasteiger partial charge in [0.15, 0.2) is 0 Å². The van der Waals surface area contributed by atoms with Crippen LogP contribution in [0.3, 0.4) is 0 Å². The second-order valence-electron chi connectivity index (χ2n) is 0.495. The number of hydrogen-bond acceptors (Lipinski definition) is 0. The van der Waals surface area contributed by atoms with Crippen molar-refractivity contribution in [3.05, 3.63) is 0 Å². The molecule has 0 radical (unpaired) electrons. The summed E-state index contributed by atoms with van der Waals surface area (Å²) in [5.74, 6) is 0. The Balaban J connectivity index is -0.0000000112. The maximum Gasteiger partial charge on any atom is 2.00 e. The molecule has 0 rings (SSSR count). The van der Waals surface area contributed by atoms with Gasteiger partial charge < -0.3 is 5.48 Å². The van der Waals surface area contributed by atoms with Gasteiger partial charge in [-0.1, -0.05) is 0 Å². The van der Waals surface area contributed by atoms with E-state index in [9.17, 15) is 25.9 Å². The molecule has 0 aliphatic heterocycles. The Morgan fingerprint density at radius 1 is 0.583 bits per heavy atom. The fourth-order valence-corrected chi connectivity index (χ4v) is 0. The fraction of sp³-hybridized carbons (Fsp3) is 0. The van der Waals surface area contributed by atoms with Gasteiger partial charge in [0.05, 0.1) is 0 Å². The monoisotopic (exact) mass is 394 g/mol. The van der Waals surface area contributed by atoms with Crippen LogP contribution in [0.5, 0.6) is 0 Å². The molecule has 0 aromatic rings. The second kappa shape index (κ2) is 30.0. The first-order chi connectivity index (χ1) is 3.46. The van der Waals surface area contributed by atoms with E-state index >= 15 is 0 Å². The Hall–Kier alpha value is 0.465. The second-order valence-corrected chi connectivity index (χ2v) is 0.495. The van der Waals surface area contributed by atoms with Gasteiger partial charge in [-0.2, -0.15) is 0 Å². The summed E-state index contributed by atoms with van der Waals surface area (Å²) in [5.41, 5.74) is 0. The van der Waals surface area contributed by atoms with Crippen LogP contribution < -0.4 is 0 Å². The maximum atomic E-state index is 9.67. The molecule has 0 saturated carbocycles. The van der Waals surface area contributed by atoms with E-state index in [-0.39, 0.29) is 42.6 Å². The smallest absolute Gasteiger partial charge is 2.00 e. The van der Waals surface area contributed by atoms with E-state index in [0.29, 0.717) is 0 Å². The van der Waals surface area contributed by atoms with Gasteiger partial charge in [0.1, 0.15) is 0 Å². The molecule has 0 N–H and O–H groups in total. The van der Waals surface area contributed by atoms with E-state index in [4.69, 9.17) is 0 Å². The molecule has 0 amide bonds. The van der Waals surface area contributed by atoms with Crippen molar-refractivity contribution in [1.82, 2.24) is 0 Å². The van der Waals surface area contributed by atoms with E-state index in [1.54, 1.807) is 0 Å². The minimum absolute atomic E-state index is 0. The topological polar surface area (TPSA) is 28.5 Å². The summed E-state index contributed by atoms with van der Waals surface area (Å²) < 4.78 is 58.0. The number of halogens is 8. The van der Waals surface area contributed by atoms with E-state index in [1.165, 1.54) is 0 Å². The molecule has 72 valence electrons. The van der Waals surface area contributed by atoms with Crippen molar-refractivity contribution in [2.24, 2.45) is 0 Å². The van der Waals surface area contributed by atoms with Gasteiger partial charge >= 0.3 is 42.8 Å². The Kier molecular flexibility index (Phi) is 98.1. The predicted molar refractivity (Wildman–Crippen MR) is 23.8 cm³/mol. The van der Waals surface area contributed by atoms with Crippen molar-refractivity contribution in [3.63, 3.8) is 0 Å². The van der Waals surface area contributed by atoms with Gasteiger partial charge in [-0.05, 0) is 0 Å². The van der Waals surface area contributed by atoms with Crippen LogP contribution in [0.1, 0.15) is 0 Å². The SMILES string of the molecule is F.F.FB(F)F.FB(F)F.[Hg+2].[O-2]. The van der Waals surface area contributed by atoms with Crippen molar-refractivity contribution in [2.45, 2.75) is 0 Å². The van der Waals surface area contributed by atoms with E-state index < -0.39 is 15.1 Å². The third kappa shape index (κ3) is 4340. The van der Waals surface area contributed by atoms with E-state index in [1.807, 2.05) is 0 Å². The summed E-state index contributed by atoms with van der Waals surface area (Å²) >= 11 is 0. The molecule has 0 atom stereocenters. The molecular weight excluding hydrogens is 390 g/mol. The Morgan fingerprint density at radius 2 is 0.583 bits per heavy atom. The summed E-state index contributed by atoms with van der Waals surface area (Å²) in [5, 5.41) is 0. The molecule has 0 aromatic heterocycles. The normalized spacial score (nSPS) is 4.50. The first kappa shape index (κ1) is 39.2. The summed E-state index contributed by atoms with van der Waals surface area (Å²) in [6.07, 6.45) is 0. The minimum atomic E-state index is -3.67. The molecule has 0 aromatic carbocycles. The quantitative estimate of drug-likeness (QED) is 0.446. The van der Waals surface area contributed by atoms with Crippen LogP contribution in [0.2, 0.25) is 0 Å². The van der Waals surface area contributed by atoms with Gasteiger partial charge in [-0.15, -0.1) is 0 Å². The molecule has 0 saturated heterocycles. The zero-order chi connectivity index (χ0) is 7.15.